The second-order valence-electron chi connectivity index (χ2n) is 9.64. The van der Waals surface area contributed by atoms with Gasteiger partial charge in [-0.2, -0.15) is 13.2 Å². The predicted molar refractivity (Wildman–Crippen MR) is 129 cm³/mol. The third-order valence-electron chi connectivity index (χ3n) is 7.09. The molecular weight excluding hydrogens is 463 g/mol. The Kier molecular flexibility index (Phi) is 8.87. The van der Waals surface area contributed by atoms with Gasteiger partial charge >= 0.3 is 18.2 Å². The van der Waals surface area contributed by atoms with Crippen LogP contribution in [0.15, 0.2) is 18.2 Å². The molecule has 2 atom stereocenters. The Bertz CT molecular complexity index is 890. The van der Waals surface area contributed by atoms with E-state index in [2.05, 4.69) is 59.1 Å². The summed E-state index contributed by atoms with van der Waals surface area (Å²) >= 11 is 0. The average molecular weight is 500 g/mol. The number of hydrogen-bond acceptors (Lipinski definition) is 5. The number of nitrogens with one attached hydrogen (secondary N) is 1. The Labute approximate surface area is 204 Å². The predicted octanol–water partition coefficient (Wildman–Crippen LogP) is 3.47. The Balaban J connectivity index is 0.000000429. The van der Waals surface area contributed by atoms with Crippen molar-refractivity contribution in [1.29, 1.82) is 0 Å². The second-order valence-corrected chi connectivity index (χ2v) is 9.64. The number of alkyl halides is 3. The van der Waals surface area contributed by atoms with E-state index < -0.39 is 12.1 Å². The lowest BCUT2D eigenvalue weighted by atomic mass is 10.1. The van der Waals surface area contributed by atoms with Gasteiger partial charge in [-0.3, -0.25) is 4.90 Å². The van der Waals surface area contributed by atoms with Gasteiger partial charge < -0.3 is 25.1 Å². The maximum absolute atomic E-state index is 12.6. The molecule has 3 heterocycles. The number of carboxylic acid groups (broad SMARTS) is 1. The molecule has 196 valence electrons. The van der Waals surface area contributed by atoms with Gasteiger partial charge in [0.05, 0.1) is 0 Å². The summed E-state index contributed by atoms with van der Waals surface area (Å²) in [5.74, 6) is -2.76. The van der Waals surface area contributed by atoms with Crippen LogP contribution in [0.2, 0.25) is 0 Å². The molecule has 0 aliphatic carbocycles. The highest BCUT2D eigenvalue weighted by Crippen LogP contribution is 2.30. The number of halogens is 3. The van der Waals surface area contributed by atoms with E-state index in [0.29, 0.717) is 6.04 Å². The van der Waals surface area contributed by atoms with Crippen LogP contribution in [0, 0.1) is 6.92 Å². The zero-order valence-corrected chi connectivity index (χ0v) is 20.6. The number of carbonyl (C=O) groups is 2. The van der Waals surface area contributed by atoms with E-state index in [1.165, 1.54) is 31.5 Å². The number of nitrogens with zero attached hydrogens (tertiary/aromatic N) is 4. The molecule has 3 saturated heterocycles. The monoisotopic (exact) mass is 499 g/mol. The zero-order chi connectivity index (χ0) is 25.8. The van der Waals surface area contributed by atoms with Gasteiger partial charge in [-0.1, -0.05) is 0 Å². The van der Waals surface area contributed by atoms with E-state index in [1.807, 2.05) is 4.90 Å². The van der Waals surface area contributed by atoms with E-state index in [9.17, 15) is 18.0 Å². The van der Waals surface area contributed by atoms with Crippen LogP contribution in [0.4, 0.5) is 29.3 Å². The van der Waals surface area contributed by atoms with E-state index in [-0.39, 0.29) is 6.03 Å². The fraction of sp³-hybridized carbons (Fsp3) is 0.667. The van der Waals surface area contributed by atoms with Crippen LogP contribution < -0.4 is 10.2 Å². The molecule has 3 aliphatic heterocycles. The third kappa shape index (κ3) is 7.23. The van der Waals surface area contributed by atoms with Crippen LogP contribution >= 0.6 is 0 Å². The maximum Gasteiger partial charge on any atom is 0.490 e. The van der Waals surface area contributed by atoms with Gasteiger partial charge in [-0.05, 0) is 70.5 Å². The zero-order valence-electron chi connectivity index (χ0n) is 20.6. The highest BCUT2D eigenvalue weighted by molar-refractivity contribution is 5.90. The summed E-state index contributed by atoms with van der Waals surface area (Å²) in [7, 11) is 2.10. The van der Waals surface area contributed by atoms with Gasteiger partial charge in [0.15, 0.2) is 0 Å². The van der Waals surface area contributed by atoms with Crippen molar-refractivity contribution in [3.63, 3.8) is 0 Å². The third-order valence-corrected chi connectivity index (χ3v) is 7.09. The average Bonchev–Trinajstić information content (AvgIpc) is 3.44. The molecule has 0 radical (unpaired) electrons. The molecule has 2 amide bonds. The van der Waals surface area contributed by atoms with Gasteiger partial charge in [0.2, 0.25) is 0 Å². The Hall–Kier alpha value is -2.53. The van der Waals surface area contributed by atoms with E-state index in [0.717, 1.165) is 56.6 Å². The number of urea groups is 1. The molecule has 8 nitrogen and oxygen atoms in total. The molecule has 1 aromatic carbocycles. The molecule has 35 heavy (non-hydrogen) atoms. The number of aryl methyl sites for hydroxylation is 1. The first-order chi connectivity index (χ1) is 16.5. The Morgan fingerprint density at radius 2 is 1.71 bits per heavy atom. The first kappa shape index (κ1) is 27.1. The Morgan fingerprint density at radius 1 is 1.06 bits per heavy atom. The number of aliphatic carboxylic acids is 1. The topological polar surface area (TPSA) is 79.4 Å². The van der Waals surface area contributed by atoms with Crippen molar-refractivity contribution in [3.05, 3.63) is 23.8 Å². The summed E-state index contributed by atoms with van der Waals surface area (Å²) in [6.45, 7) is 11.4. The number of piperazine rings is 1. The smallest absolute Gasteiger partial charge is 0.475 e. The Morgan fingerprint density at radius 3 is 2.26 bits per heavy atom. The summed E-state index contributed by atoms with van der Waals surface area (Å²) in [5.41, 5.74) is 3.35. The van der Waals surface area contributed by atoms with Crippen LogP contribution in [0.3, 0.4) is 0 Å². The highest BCUT2D eigenvalue weighted by Gasteiger charge is 2.38. The number of likely N-dealkylation sites (N-methyl/N-ethyl adjacent to an activating group) is 1. The van der Waals surface area contributed by atoms with Crippen molar-refractivity contribution in [3.8, 4) is 0 Å². The lowest BCUT2D eigenvalue weighted by Crippen LogP contribution is -2.48. The maximum atomic E-state index is 12.6. The molecule has 3 fully saturated rings. The summed E-state index contributed by atoms with van der Waals surface area (Å²) in [4.78, 5) is 30.9. The second kappa shape index (κ2) is 11.5. The van der Waals surface area contributed by atoms with Crippen LogP contribution in [0.5, 0.6) is 0 Å². The number of benzene rings is 1. The van der Waals surface area contributed by atoms with Gasteiger partial charge in [0.1, 0.15) is 0 Å². The van der Waals surface area contributed by atoms with Crippen molar-refractivity contribution in [2.24, 2.45) is 0 Å². The first-order valence-electron chi connectivity index (χ1n) is 12.1. The van der Waals surface area contributed by atoms with Crippen molar-refractivity contribution >= 4 is 23.4 Å². The van der Waals surface area contributed by atoms with Gasteiger partial charge in [0.25, 0.3) is 0 Å². The van der Waals surface area contributed by atoms with Crippen LogP contribution in [-0.2, 0) is 4.79 Å². The quantitative estimate of drug-likeness (QED) is 0.663. The van der Waals surface area contributed by atoms with E-state index >= 15 is 0 Å². The fourth-order valence-corrected chi connectivity index (χ4v) is 4.93. The van der Waals surface area contributed by atoms with Crippen molar-refractivity contribution < 1.29 is 27.9 Å². The molecule has 0 bridgehead atoms. The lowest BCUT2D eigenvalue weighted by molar-refractivity contribution is -0.192. The van der Waals surface area contributed by atoms with Crippen molar-refractivity contribution in [2.45, 2.75) is 51.4 Å². The molecule has 0 saturated carbocycles. The highest BCUT2D eigenvalue weighted by atomic mass is 19.4. The summed E-state index contributed by atoms with van der Waals surface area (Å²) < 4.78 is 31.7. The van der Waals surface area contributed by atoms with Crippen LogP contribution in [0.25, 0.3) is 0 Å². The summed E-state index contributed by atoms with van der Waals surface area (Å²) in [6.07, 6.45) is -1.14. The minimum atomic E-state index is -5.08. The molecule has 4 rings (SSSR count). The van der Waals surface area contributed by atoms with Crippen molar-refractivity contribution in [1.82, 2.24) is 14.7 Å². The van der Waals surface area contributed by atoms with E-state index in [1.54, 1.807) is 0 Å². The van der Waals surface area contributed by atoms with Crippen molar-refractivity contribution in [2.75, 3.05) is 63.1 Å². The van der Waals surface area contributed by atoms with Crippen LogP contribution in [-0.4, -0.2) is 103 Å². The minimum absolute atomic E-state index is 0.0215. The van der Waals surface area contributed by atoms with Gasteiger partial charge in [-0.15, -0.1) is 0 Å². The number of hydrogen-bond donors (Lipinski definition) is 2. The largest absolute Gasteiger partial charge is 0.490 e. The molecule has 2 N–H and O–H groups in total. The van der Waals surface area contributed by atoms with Gasteiger partial charge in [-0.25, -0.2) is 9.59 Å². The molecular formula is C24H36F3N5O3. The molecule has 11 heteroatoms. The number of carboxylic acids is 1. The molecule has 3 aliphatic rings. The molecule has 1 aromatic rings. The normalized spacial score (nSPS) is 23.7. The number of rotatable bonds is 3. The lowest BCUT2D eigenvalue weighted by Gasteiger charge is -2.32. The standard InChI is InChI=1S/C22H35N5O.C2HF3O2/c1-17-15-19(26-10-8-20(16-26)27-9-4-5-18(27)2)6-7-21(17)23-22(28)25-13-11-24(3)12-14-25;3-2(4,5)1(6)7/h6-7,15,18,20H,4-5,8-14,16H2,1-3H3,(H,23,28);(H,6,7). The molecule has 2 unspecified atom stereocenters. The van der Waals surface area contributed by atoms with Crippen LogP contribution in [0.1, 0.15) is 31.7 Å². The summed E-state index contributed by atoms with van der Waals surface area (Å²) in [5, 5.41) is 10.2. The number of carbonyl (C=O) groups excluding carboxylic acids is 1. The molecule has 0 aromatic heterocycles. The van der Waals surface area contributed by atoms with Gasteiger partial charge in [0, 0.05) is 62.7 Å². The van der Waals surface area contributed by atoms with E-state index in [4.69, 9.17) is 9.90 Å². The number of likely N-dealkylation sites (tertiary alicyclic amines) is 1. The number of amides is 2. The summed E-state index contributed by atoms with van der Waals surface area (Å²) in [6, 6.07) is 7.92. The first-order valence-corrected chi connectivity index (χ1v) is 12.1. The minimum Gasteiger partial charge on any atom is -0.475 e. The SMILES string of the molecule is Cc1cc(N2CCC(N3CCCC3C)C2)ccc1NC(=O)N1CCN(C)CC1.O=C(O)C(F)(F)F. The molecule has 0 spiro atoms. The number of anilines is 2. The fourth-order valence-electron chi connectivity index (χ4n) is 4.93.